The molecule has 2 nitrogen and oxygen atoms in total. The van der Waals surface area contributed by atoms with E-state index in [-0.39, 0.29) is 4.75 Å². The van der Waals surface area contributed by atoms with Gasteiger partial charge in [-0.15, -0.1) is 11.8 Å². The third kappa shape index (κ3) is 2.33. The van der Waals surface area contributed by atoms with Gasteiger partial charge in [-0.3, -0.25) is 0 Å². The molecule has 1 aromatic rings. The minimum Gasteiger partial charge on any atom is -0.398 e. The van der Waals surface area contributed by atoms with Crippen LogP contribution in [0.25, 0.3) is 0 Å². The maximum Gasteiger partial charge on any atom is 0.0636 e. The van der Waals surface area contributed by atoms with Crippen LogP contribution in [0.1, 0.15) is 32.1 Å². The first-order chi connectivity index (χ1) is 7.76. The van der Waals surface area contributed by atoms with Gasteiger partial charge in [0.1, 0.15) is 0 Å². The summed E-state index contributed by atoms with van der Waals surface area (Å²) >= 11 is 1.80. The molecular weight excluding hydrogens is 216 g/mol. The average Bonchev–Trinajstić information content (AvgIpc) is 2.71. The number of nitrogens with zero attached hydrogens (tertiary/aromatic N) is 1. The van der Waals surface area contributed by atoms with Crippen LogP contribution in [0, 0.1) is 11.3 Å². The monoisotopic (exact) mass is 232 g/mol. The summed E-state index contributed by atoms with van der Waals surface area (Å²) in [5, 5.41) is 8.94. The molecule has 0 unspecified atom stereocenters. The lowest BCUT2D eigenvalue weighted by Crippen LogP contribution is -2.19. The van der Waals surface area contributed by atoms with Crippen molar-refractivity contribution in [3.8, 4) is 6.07 Å². The number of hydrogen-bond donors (Lipinski definition) is 1. The zero-order valence-electron chi connectivity index (χ0n) is 9.28. The summed E-state index contributed by atoms with van der Waals surface area (Å²) in [4.78, 5) is 1.12. The fourth-order valence-electron chi connectivity index (χ4n) is 2.29. The second kappa shape index (κ2) is 4.80. The normalized spacial score (nSPS) is 18.2. The number of benzene rings is 1. The maximum atomic E-state index is 8.94. The Balaban J connectivity index is 2.18. The second-order valence-electron chi connectivity index (χ2n) is 4.36. The Morgan fingerprint density at radius 2 is 2.00 bits per heavy atom. The molecule has 0 aliphatic heterocycles. The zero-order valence-corrected chi connectivity index (χ0v) is 10.1. The standard InChI is InChI=1S/C13H16N2S/c14-10-9-13(7-3-4-8-13)16-12-6-2-1-5-11(12)15/h1-2,5-6H,3-4,7-9,15H2. The lowest BCUT2D eigenvalue weighted by atomic mass is 10.0. The number of thioether (sulfide) groups is 1. The van der Waals surface area contributed by atoms with Crippen LogP contribution in [-0.2, 0) is 0 Å². The van der Waals surface area contributed by atoms with Crippen molar-refractivity contribution < 1.29 is 0 Å². The summed E-state index contributed by atoms with van der Waals surface area (Å²) in [6.45, 7) is 0. The molecule has 1 aromatic carbocycles. The van der Waals surface area contributed by atoms with Crippen molar-refractivity contribution in [3.63, 3.8) is 0 Å². The van der Waals surface area contributed by atoms with Crippen molar-refractivity contribution in [2.75, 3.05) is 5.73 Å². The van der Waals surface area contributed by atoms with Crippen molar-refractivity contribution in [2.45, 2.75) is 41.7 Å². The van der Waals surface area contributed by atoms with E-state index in [1.807, 2.05) is 18.2 Å². The highest BCUT2D eigenvalue weighted by atomic mass is 32.2. The number of para-hydroxylation sites is 1. The van der Waals surface area contributed by atoms with E-state index in [0.717, 1.165) is 23.4 Å². The molecule has 1 fully saturated rings. The zero-order chi connectivity index (χ0) is 11.4. The smallest absolute Gasteiger partial charge is 0.0636 e. The van der Waals surface area contributed by atoms with E-state index >= 15 is 0 Å². The first-order valence-corrected chi connectivity index (χ1v) is 6.48. The summed E-state index contributed by atoms with van der Waals surface area (Å²) in [6.07, 6.45) is 5.38. The summed E-state index contributed by atoms with van der Waals surface area (Å²) < 4.78 is 0.115. The van der Waals surface area contributed by atoms with Gasteiger partial charge in [-0.05, 0) is 25.0 Å². The predicted octanol–water partition coefficient (Wildman–Crippen LogP) is 3.59. The summed E-state index contributed by atoms with van der Waals surface area (Å²) in [5.41, 5.74) is 6.78. The summed E-state index contributed by atoms with van der Waals surface area (Å²) in [7, 11) is 0. The number of nitrogen functional groups attached to an aromatic ring is 1. The van der Waals surface area contributed by atoms with E-state index in [0.29, 0.717) is 6.42 Å². The van der Waals surface area contributed by atoms with E-state index in [9.17, 15) is 0 Å². The van der Waals surface area contributed by atoms with Crippen molar-refractivity contribution in [3.05, 3.63) is 24.3 Å². The van der Waals surface area contributed by atoms with Gasteiger partial charge in [0.2, 0.25) is 0 Å². The van der Waals surface area contributed by atoms with Crippen LogP contribution in [0.5, 0.6) is 0 Å². The van der Waals surface area contributed by atoms with E-state index in [2.05, 4.69) is 12.1 Å². The maximum absolute atomic E-state index is 8.94. The van der Waals surface area contributed by atoms with Gasteiger partial charge in [-0.25, -0.2) is 0 Å². The second-order valence-corrected chi connectivity index (χ2v) is 5.87. The van der Waals surface area contributed by atoms with E-state index in [1.165, 1.54) is 12.8 Å². The van der Waals surface area contributed by atoms with Crippen molar-refractivity contribution >= 4 is 17.4 Å². The Morgan fingerprint density at radius 1 is 1.31 bits per heavy atom. The van der Waals surface area contributed by atoms with Gasteiger partial charge in [-0.1, -0.05) is 25.0 Å². The van der Waals surface area contributed by atoms with Crippen LogP contribution in [0.4, 0.5) is 5.69 Å². The highest BCUT2D eigenvalue weighted by Gasteiger charge is 2.35. The van der Waals surface area contributed by atoms with Gasteiger partial charge in [0, 0.05) is 15.3 Å². The molecule has 2 N–H and O–H groups in total. The minimum absolute atomic E-state index is 0.115. The van der Waals surface area contributed by atoms with Gasteiger partial charge >= 0.3 is 0 Å². The molecule has 0 spiro atoms. The molecule has 0 heterocycles. The minimum atomic E-state index is 0.115. The summed E-state index contributed by atoms with van der Waals surface area (Å²) in [6, 6.07) is 10.3. The molecule has 84 valence electrons. The molecule has 0 atom stereocenters. The van der Waals surface area contributed by atoms with Crippen molar-refractivity contribution in [2.24, 2.45) is 0 Å². The highest BCUT2D eigenvalue weighted by Crippen LogP contribution is 2.48. The molecule has 2 rings (SSSR count). The van der Waals surface area contributed by atoms with Gasteiger partial charge in [-0.2, -0.15) is 5.26 Å². The fourth-order valence-corrected chi connectivity index (χ4v) is 3.71. The molecule has 1 aliphatic carbocycles. The van der Waals surface area contributed by atoms with Crippen molar-refractivity contribution in [1.29, 1.82) is 5.26 Å². The Morgan fingerprint density at radius 3 is 2.62 bits per heavy atom. The lowest BCUT2D eigenvalue weighted by molar-refractivity contribution is 0.623. The van der Waals surface area contributed by atoms with Crippen LogP contribution in [0.15, 0.2) is 29.2 Å². The van der Waals surface area contributed by atoms with Crippen LogP contribution in [-0.4, -0.2) is 4.75 Å². The van der Waals surface area contributed by atoms with Crippen LogP contribution < -0.4 is 5.73 Å². The SMILES string of the molecule is N#CCC1(Sc2ccccc2N)CCCC1. The third-order valence-corrected chi connectivity index (χ3v) is 4.74. The topological polar surface area (TPSA) is 49.8 Å². The molecular formula is C13H16N2S. The van der Waals surface area contributed by atoms with Crippen LogP contribution in [0.3, 0.4) is 0 Å². The molecule has 3 heteroatoms. The van der Waals surface area contributed by atoms with Crippen molar-refractivity contribution in [1.82, 2.24) is 0 Å². The molecule has 0 amide bonds. The molecule has 0 aromatic heterocycles. The van der Waals surface area contributed by atoms with Gasteiger partial charge < -0.3 is 5.73 Å². The Kier molecular flexibility index (Phi) is 3.40. The Labute approximate surface area is 101 Å². The van der Waals surface area contributed by atoms with Crippen LogP contribution >= 0.6 is 11.8 Å². The molecule has 0 bridgehead atoms. The number of anilines is 1. The fraction of sp³-hybridized carbons (Fsp3) is 0.462. The van der Waals surface area contributed by atoms with Gasteiger partial charge in [0.05, 0.1) is 12.5 Å². The number of nitrogens with two attached hydrogens (primary N) is 1. The summed E-state index contributed by atoms with van der Waals surface area (Å²) in [5.74, 6) is 0. The highest BCUT2D eigenvalue weighted by molar-refractivity contribution is 8.00. The van der Waals surface area contributed by atoms with E-state index in [1.54, 1.807) is 11.8 Å². The molecule has 1 saturated carbocycles. The lowest BCUT2D eigenvalue weighted by Gasteiger charge is -2.25. The Hall–Kier alpha value is -1.14. The Bertz CT molecular complexity index is 403. The van der Waals surface area contributed by atoms with Gasteiger partial charge in [0.15, 0.2) is 0 Å². The molecule has 1 aliphatic rings. The van der Waals surface area contributed by atoms with Crippen LogP contribution in [0.2, 0.25) is 0 Å². The van der Waals surface area contributed by atoms with Gasteiger partial charge in [0.25, 0.3) is 0 Å². The first kappa shape index (κ1) is 11.3. The number of nitriles is 1. The predicted molar refractivity (Wildman–Crippen MR) is 68.1 cm³/mol. The number of hydrogen-bond acceptors (Lipinski definition) is 3. The first-order valence-electron chi connectivity index (χ1n) is 5.66. The quantitative estimate of drug-likeness (QED) is 0.810. The molecule has 0 radical (unpaired) electrons. The average molecular weight is 232 g/mol. The number of rotatable bonds is 3. The molecule has 16 heavy (non-hydrogen) atoms. The third-order valence-electron chi connectivity index (χ3n) is 3.16. The van der Waals surface area contributed by atoms with E-state index in [4.69, 9.17) is 11.0 Å². The molecule has 0 saturated heterocycles. The van der Waals surface area contributed by atoms with E-state index < -0.39 is 0 Å². The largest absolute Gasteiger partial charge is 0.398 e.